The third-order valence-electron chi connectivity index (χ3n) is 4.15. The molecule has 7 nitrogen and oxygen atoms in total. The molecule has 9 heteroatoms. The number of hydrogen-bond donors (Lipinski definition) is 1. The Balaban J connectivity index is 1.60. The van der Waals surface area contributed by atoms with E-state index in [1.54, 1.807) is 73.7 Å². The Morgan fingerprint density at radius 1 is 0.970 bits per heavy atom. The van der Waals surface area contributed by atoms with E-state index in [4.69, 9.17) is 37.4 Å². The average molecular weight is 487 g/mol. The molecule has 0 bridgehead atoms. The van der Waals surface area contributed by atoms with E-state index in [9.17, 15) is 9.59 Å². The number of nitrogens with one attached hydrogen (secondary N) is 1. The van der Waals surface area contributed by atoms with E-state index in [0.717, 1.165) is 0 Å². The summed E-state index contributed by atoms with van der Waals surface area (Å²) in [7, 11) is 0. The second-order valence-electron chi connectivity index (χ2n) is 6.54. The van der Waals surface area contributed by atoms with Gasteiger partial charge < -0.3 is 14.2 Å². The molecule has 0 aromatic heterocycles. The summed E-state index contributed by atoms with van der Waals surface area (Å²) >= 11 is 11.9. The molecule has 3 aromatic carbocycles. The highest BCUT2D eigenvalue weighted by Crippen LogP contribution is 2.29. The lowest BCUT2D eigenvalue weighted by molar-refractivity contribution is -0.123. The molecular weight excluding hydrogens is 467 g/mol. The van der Waals surface area contributed by atoms with Crippen LogP contribution in [0.15, 0.2) is 71.8 Å². The van der Waals surface area contributed by atoms with Gasteiger partial charge in [-0.3, -0.25) is 4.79 Å². The number of halogens is 2. The van der Waals surface area contributed by atoms with Crippen LogP contribution in [0.25, 0.3) is 0 Å². The van der Waals surface area contributed by atoms with Crippen molar-refractivity contribution in [1.29, 1.82) is 0 Å². The van der Waals surface area contributed by atoms with Gasteiger partial charge in [0.2, 0.25) is 0 Å². The first-order valence-electron chi connectivity index (χ1n) is 9.90. The highest BCUT2D eigenvalue weighted by atomic mass is 35.5. The summed E-state index contributed by atoms with van der Waals surface area (Å²) in [6, 6.07) is 18.1. The predicted molar refractivity (Wildman–Crippen MR) is 127 cm³/mol. The van der Waals surface area contributed by atoms with Crippen molar-refractivity contribution in [1.82, 2.24) is 5.43 Å². The van der Waals surface area contributed by atoms with E-state index in [2.05, 4.69) is 10.5 Å². The maximum absolute atomic E-state index is 12.4. The molecule has 0 radical (unpaired) electrons. The molecule has 0 atom stereocenters. The van der Waals surface area contributed by atoms with Crippen LogP contribution in [0, 0.1) is 0 Å². The maximum Gasteiger partial charge on any atom is 0.345 e. The minimum absolute atomic E-state index is 0.208. The standard InChI is InChI=1S/C24H20Cl2N2O5/c1-2-31-22-13-16(7-12-21(22)33-24(30)19-5-3-4-6-20(19)26)14-27-28-23(29)15-32-18-10-8-17(25)9-11-18/h3-14H,2,15H2,1H3,(H,28,29). The van der Waals surface area contributed by atoms with Crippen molar-refractivity contribution in [3.63, 3.8) is 0 Å². The fourth-order valence-electron chi connectivity index (χ4n) is 2.63. The number of benzene rings is 3. The predicted octanol–water partition coefficient (Wildman–Crippen LogP) is 5.14. The molecule has 0 saturated carbocycles. The first-order chi connectivity index (χ1) is 16.0. The lowest BCUT2D eigenvalue weighted by Crippen LogP contribution is -2.24. The summed E-state index contributed by atoms with van der Waals surface area (Å²) in [6.07, 6.45) is 1.43. The van der Waals surface area contributed by atoms with Crippen molar-refractivity contribution in [3.8, 4) is 17.2 Å². The normalized spacial score (nSPS) is 10.6. The number of esters is 1. The highest BCUT2D eigenvalue weighted by Gasteiger charge is 2.15. The Hall–Kier alpha value is -3.55. The number of amides is 1. The van der Waals surface area contributed by atoms with E-state index in [-0.39, 0.29) is 17.9 Å². The molecule has 0 aliphatic carbocycles. The number of rotatable bonds is 9. The van der Waals surface area contributed by atoms with Gasteiger partial charge in [-0.1, -0.05) is 35.3 Å². The summed E-state index contributed by atoms with van der Waals surface area (Å²) in [4.78, 5) is 24.4. The Bertz CT molecular complexity index is 1150. The highest BCUT2D eigenvalue weighted by molar-refractivity contribution is 6.33. The van der Waals surface area contributed by atoms with Crippen LogP contribution in [0.2, 0.25) is 10.0 Å². The molecule has 0 saturated heterocycles. The number of hydrazone groups is 1. The molecule has 0 spiro atoms. The first kappa shape index (κ1) is 24.1. The minimum Gasteiger partial charge on any atom is -0.490 e. The lowest BCUT2D eigenvalue weighted by Gasteiger charge is -2.12. The Kier molecular flexibility index (Phi) is 8.69. The van der Waals surface area contributed by atoms with E-state index in [1.807, 2.05) is 0 Å². The minimum atomic E-state index is -0.601. The quantitative estimate of drug-likeness (QED) is 0.196. The van der Waals surface area contributed by atoms with Crippen LogP contribution >= 0.6 is 23.2 Å². The molecule has 0 heterocycles. The second kappa shape index (κ2) is 11.9. The third kappa shape index (κ3) is 7.24. The van der Waals surface area contributed by atoms with Crippen LogP contribution < -0.4 is 19.6 Å². The van der Waals surface area contributed by atoms with Crippen LogP contribution in [-0.2, 0) is 4.79 Å². The number of hydrogen-bond acceptors (Lipinski definition) is 6. The molecule has 170 valence electrons. The number of carbonyl (C=O) groups is 2. The largest absolute Gasteiger partial charge is 0.490 e. The topological polar surface area (TPSA) is 86.2 Å². The molecule has 1 amide bonds. The third-order valence-corrected chi connectivity index (χ3v) is 4.73. The van der Waals surface area contributed by atoms with Crippen molar-refractivity contribution < 1.29 is 23.8 Å². The van der Waals surface area contributed by atoms with Crippen LogP contribution in [0.4, 0.5) is 0 Å². The van der Waals surface area contributed by atoms with E-state index in [1.165, 1.54) is 6.21 Å². The van der Waals surface area contributed by atoms with Crippen molar-refractivity contribution >= 4 is 41.3 Å². The number of nitrogens with zero attached hydrogens (tertiary/aromatic N) is 1. The van der Waals surface area contributed by atoms with E-state index in [0.29, 0.717) is 33.7 Å². The summed E-state index contributed by atoms with van der Waals surface area (Å²) in [6.45, 7) is 1.96. The van der Waals surface area contributed by atoms with Crippen molar-refractivity contribution in [2.24, 2.45) is 5.10 Å². The lowest BCUT2D eigenvalue weighted by atomic mass is 10.2. The van der Waals surface area contributed by atoms with E-state index >= 15 is 0 Å². The van der Waals surface area contributed by atoms with Crippen molar-refractivity contribution in [2.45, 2.75) is 6.92 Å². The molecule has 0 aliphatic rings. The summed E-state index contributed by atoms with van der Waals surface area (Å²) < 4.78 is 16.4. The molecular formula is C24H20Cl2N2O5. The van der Waals surface area contributed by atoms with E-state index < -0.39 is 11.9 Å². The fourth-order valence-corrected chi connectivity index (χ4v) is 2.97. The molecule has 0 aliphatic heterocycles. The van der Waals surface area contributed by atoms with Gasteiger partial charge in [-0.25, -0.2) is 10.2 Å². The van der Waals surface area contributed by atoms with Gasteiger partial charge in [0.15, 0.2) is 18.1 Å². The summed E-state index contributed by atoms with van der Waals surface area (Å²) in [5, 5.41) is 4.78. The molecule has 0 unspecified atom stereocenters. The first-order valence-corrected chi connectivity index (χ1v) is 10.7. The van der Waals surface area contributed by atoms with Gasteiger partial charge >= 0.3 is 5.97 Å². The smallest absolute Gasteiger partial charge is 0.345 e. The second-order valence-corrected chi connectivity index (χ2v) is 7.39. The maximum atomic E-state index is 12.4. The molecule has 3 rings (SSSR count). The number of ether oxygens (including phenoxy) is 3. The fraction of sp³-hybridized carbons (Fsp3) is 0.125. The molecule has 3 aromatic rings. The monoisotopic (exact) mass is 486 g/mol. The van der Waals surface area contributed by atoms with Crippen LogP contribution in [-0.4, -0.2) is 31.3 Å². The zero-order chi connectivity index (χ0) is 23.6. The Labute approximate surface area is 200 Å². The Morgan fingerprint density at radius 3 is 2.45 bits per heavy atom. The zero-order valence-electron chi connectivity index (χ0n) is 17.6. The van der Waals surface area contributed by atoms with Crippen molar-refractivity contribution in [3.05, 3.63) is 87.9 Å². The van der Waals surface area contributed by atoms with Crippen molar-refractivity contribution in [2.75, 3.05) is 13.2 Å². The van der Waals surface area contributed by atoms with Crippen LogP contribution in [0.3, 0.4) is 0 Å². The summed E-state index contributed by atoms with van der Waals surface area (Å²) in [5.74, 6) is 0.0628. The molecule has 0 fully saturated rings. The van der Waals surface area contributed by atoms with Gasteiger partial charge in [0.1, 0.15) is 5.75 Å². The molecule has 33 heavy (non-hydrogen) atoms. The van der Waals surface area contributed by atoms with Gasteiger partial charge in [0.05, 0.1) is 23.4 Å². The average Bonchev–Trinajstić information content (AvgIpc) is 2.80. The summed E-state index contributed by atoms with van der Waals surface area (Å²) in [5.41, 5.74) is 3.24. The SMILES string of the molecule is CCOc1cc(C=NNC(=O)COc2ccc(Cl)cc2)ccc1OC(=O)c1ccccc1Cl. The zero-order valence-corrected chi connectivity index (χ0v) is 19.1. The Morgan fingerprint density at radius 2 is 1.73 bits per heavy atom. The van der Waals surface area contributed by atoms with Gasteiger partial charge in [-0.15, -0.1) is 0 Å². The van der Waals surface area contributed by atoms with Crippen LogP contribution in [0.1, 0.15) is 22.8 Å². The van der Waals surface area contributed by atoms with Gasteiger partial charge in [0.25, 0.3) is 5.91 Å². The van der Waals surface area contributed by atoms with Crippen LogP contribution in [0.5, 0.6) is 17.2 Å². The van der Waals surface area contributed by atoms with Gasteiger partial charge in [0, 0.05) is 5.02 Å². The molecule has 1 N–H and O–H groups in total. The van der Waals surface area contributed by atoms with Gasteiger partial charge in [-0.2, -0.15) is 5.10 Å². The van der Waals surface area contributed by atoms with Gasteiger partial charge in [-0.05, 0) is 67.1 Å². The number of carbonyl (C=O) groups excluding carboxylic acids is 2.